The van der Waals surface area contributed by atoms with E-state index in [1.54, 1.807) is 18.2 Å². The van der Waals surface area contributed by atoms with Crippen molar-refractivity contribution in [1.29, 1.82) is 0 Å². The van der Waals surface area contributed by atoms with Crippen LogP contribution < -0.4 is 5.32 Å². The Balaban J connectivity index is 2.41. The first-order chi connectivity index (χ1) is 7.88. The number of carboxylic acids is 1. The number of sulfone groups is 1. The predicted molar refractivity (Wildman–Crippen MR) is 62.9 cm³/mol. The Bertz CT molecular complexity index is 565. The Morgan fingerprint density at radius 2 is 2.24 bits per heavy atom. The molecule has 2 N–H and O–H groups in total. The second-order valence-corrected chi connectivity index (χ2v) is 6.22. The maximum absolute atomic E-state index is 12.0. The van der Waals surface area contributed by atoms with E-state index in [1.807, 2.05) is 6.92 Å². The zero-order valence-electron chi connectivity index (χ0n) is 9.30. The van der Waals surface area contributed by atoms with Gasteiger partial charge in [0.1, 0.15) is 0 Å². The Morgan fingerprint density at radius 3 is 2.88 bits per heavy atom. The summed E-state index contributed by atoms with van der Waals surface area (Å²) in [6.07, 6.45) is -0.202. The van der Waals surface area contributed by atoms with Crippen LogP contribution in [0.3, 0.4) is 0 Å². The molecule has 0 radical (unpaired) electrons. The lowest BCUT2D eigenvalue weighted by molar-refractivity contribution is -0.137. The molecule has 1 aliphatic rings. The summed E-state index contributed by atoms with van der Waals surface area (Å²) in [6.45, 7) is 1.82. The quantitative estimate of drug-likeness (QED) is 0.825. The summed E-state index contributed by atoms with van der Waals surface area (Å²) in [6, 6.07) is 4.52. The Labute approximate surface area is 99.4 Å². The molecule has 1 aliphatic heterocycles. The van der Waals surface area contributed by atoms with Gasteiger partial charge in [-0.05, 0) is 24.6 Å². The molecular formula is C11H13NO4S. The highest BCUT2D eigenvalue weighted by atomic mass is 32.2. The summed E-state index contributed by atoms with van der Waals surface area (Å²) in [4.78, 5) is 10.9. The van der Waals surface area contributed by atoms with Crippen molar-refractivity contribution in [3.05, 3.63) is 23.8 Å². The third-order valence-electron chi connectivity index (χ3n) is 2.67. The molecule has 1 atom stereocenters. The lowest BCUT2D eigenvalue weighted by Crippen LogP contribution is -2.35. The molecule has 0 saturated carbocycles. The van der Waals surface area contributed by atoms with Crippen LogP contribution in [0.1, 0.15) is 12.0 Å². The number of rotatable bonds is 2. The van der Waals surface area contributed by atoms with Crippen LogP contribution in [0.15, 0.2) is 23.1 Å². The fraction of sp³-hybridized carbons (Fsp3) is 0.364. The van der Waals surface area contributed by atoms with Gasteiger partial charge in [-0.2, -0.15) is 0 Å². The van der Waals surface area contributed by atoms with Gasteiger partial charge >= 0.3 is 5.97 Å². The number of hydrogen-bond acceptors (Lipinski definition) is 4. The highest BCUT2D eigenvalue weighted by molar-refractivity contribution is 7.91. The molecule has 92 valence electrons. The van der Waals surface area contributed by atoms with E-state index in [-0.39, 0.29) is 17.1 Å². The summed E-state index contributed by atoms with van der Waals surface area (Å²) < 4.78 is 24.0. The van der Waals surface area contributed by atoms with Gasteiger partial charge in [0.15, 0.2) is 9.84 Å². The molecule has 1 unspecified atom stereocenters. The predicted octanol–water partition coefficient (Wildman–Crippen LogP) is 1.04. The maximum Gasteiger partial charge on any atom is 0.305 e. The number of aryl methyl sites for hydroxylation is 1. The van der Waals surface area contributed by atoms with Crippen molar-refractivity contribution in [3.63, 3.8) is 0 Å². The van der Waals surface area contributed by atoms with Crippen LogP contribution in [0.25, 0.3) is 0 Å². The van der Waals surface area contributed by atoms with Crippen LogP contribution in [-0.2, 0) is 14.6 Å². The maximum atomic E-state index is 12.0. The minimum absolute atomic E-state index is 0.171. The van der Waals surface area contributed by atoms with Crippen LogP contribution in [0.2, 0.25) is 0 Å². The Kier molecular flexibility index (Phi) is 2.82. The fourth-order valence-electron chi connectivity index (χ4n) is 1.94. The highest BCUT2D eigenvalue weighted by Crippen LogP contribution is 2.30. The van der Waals surface area contributed by atoms with Crippen molar-refractivity contribution >= 4 is 21.5 Å². The van der Waals surface area contributed by atoms with E-state index >= 15 is 0 Å². The van der Waals surface area contributed by atoms with Crippen molar-refractivity contribution in [2.75, 3.05) is 11.1 Å². The van der Waals surface area contributed by atoms with Gasteiger partial charge in [0.05, 0.1) is 28.8 Å². The van der Waals surface area contributed by atoms with Crippen LogP contribution in [0.4, 0.5) is 5.69 Å². The lowest BCUT2D eigenvalue weighted by atomic mass is 10.2. The van der Waals surface area contributed by atoms with Crippen LogP contribution in [0, 0.1) is 6.92 Å². The van der Waals surface area contributed by atoms with Gasteiger partial charge in [-0.25, -0.2) is 8.42 Å². The zero-order chi connectivity index (χ0) is 12.6. The summed E-state index contributed by atoms with van der Waals surface area (Å²) in [5.74, 6) is -1.18. The standard InChI is InChI=1S/C11H13NO4S/c1-7-2-3-9-10(4-7)17(15,16)6-8(12-9)5-11(13)14/h2-4,8,12H,5-6H2,1H3,(H,13,14). The number of benzene rings is 1. The number of carboxylic acid groups (broad SMARTS) is 1. The van der Waals surface area contributed by atoms with Crippen molar-refractivity contribution in [2.24, 2.45) is 0 Å². The third kappa shape index (κ3) is 2.41. The van der Waals surface area contributed by atoms with E-state index in [2.05, 4.69) is 5.32 Å². The first-order valence-electron chi connectivity index (χ1n) is 5.20. The molecule has 1 heterocycles. The number of aliphatic carboxylic acids is 1. The Morgan fingerprint density at radius 1 is 1.53 bits per heavy atom. The van der Waals surface area contributed by atoms with Gasteiger partial charge in [-0.15, -0.1) is 0 Å². The summed E-state index contributed by atoms with van der Waals surface area (Å²) in [5.41, 5.74) is 1.36. The molecular weight excluding hydrogens is 242 g/mol. The molecule has 17 heavy (non-hydrogen) atoms. The molecule has 2 rings (SSSR count). The van der Waals surface area contributed by atoms with Gasteiger partial charge < -0.3 is 10.4 Å². The average Bonchev–Trinajstić information content (AvgIpc) is 2.17. The number of hydrogen-bond donors (Lipinski definition) is 2. The largest absolute Gasteiger partial charge is 0.481 e. The minimum atomic E-state index is -3.39. The minimum Gasteiger partial charge on any atom is -0.481 e. The topological polar surface area (TPSA) is 83.5 Å². The average molecular weight is 255 g/mol. The van der Waals surface area contributed by atoms with Crippen molar-refractivity contribution in [1.82, 2.24) is 0 Å². The first kappa shape index (κ1) is 11.9. The summed E-state index contributed by atoms with van der Waals surface area (Å²) >= 11 is 0. The van der Waals surface area contributed by atoms with E-state index in [4.69, 9.17) is 5.11 Å². The van der Waals surface area contributed by atoms with E-state index in [1.165, 1.54) is 0 Å². The summed E-state index contributed by atoms with van der Waals surface area (Å²) in [7, 11) is -3.39. The molecule has 6 heteroatoms. The fourth-order valence-corrected chi connectivity index (χ4v) is 3.68. The molecule has 0 fully saturated rings. The molecule has 1 aromatic rings. The monoisotopic (exact) mass is 255 g/mol. The molecule has 0 bridgehead atoms. The van der Waals surface area contributed by atoms with Crippen molar-refractivity contribution < 1.29 is 18.3 Å². The zero-order valence-corrected chi connectivity index (χ0v) is 10.1. The van der Waals surface area contributed by atoms with Crippen LogP contribution >= 0.6 is 0 Å². The molecule has 0 amide bonds. The third-order valence-corrected chi connectivity index (χ3v) is 4.52. The van der Waals surface area contributed by atoms with E-state index in [9.17, 15) is 13.2 Å². The van der Waals surface area contributed by atoms with Gasteiger partial charge in [-0.3, -0.25) is 4.79 Å². The molecule has 0 aliphatic carbocycles. The van der Waals surface area contributed by atoms with Gasteiger partial charge in [0, 0.05) is 0 Å². The lowest BCUT2D eigenvalue weighted by Gasteiger charge is -2.26. The van der Waals surface area contributed by atoms with E-state index < -0.39 is 21.8 Å². The van der Waals surface area contributed by atoms with Crippen molar-refractivity contribution in [2.45, 2.75) is 24.3 Å². The van der Waals surface area contributed by atoms with Crippen LogP contribution in [-0.4, -0.2) is 31.3 Å². The van der Waals surface area contributed by atoms with Crippen molar-refractivity contribution in [3.8, 4) is 0 Å². The van der Waals surface area contributed by atoms with Gasteiger partial charge in [-0.1, -0.05) is 6.07 Å². The Hall–Kier alpha value is -1.56. The molecule has 1 aromatic carbocycles. The van der Waals surface area contributed by atoms with E-state index in [0.29, 0.717) is 5.69 Å². The van der Waals surface area contributed by atoms with Gasteiger partial charge in [0.2, 0.25) is 0 Å². The van der Waals surface area contributed by atoms with Gasteiger partial charge in [0.25, 0.3) is 0 Å². The summed E-state index contributed by atoms with van der Waals surface area (Å²) in [5, 5.41) is 11.6. The second-order valence-electron chi connectivity index (χ2n) is 4.22. The smallest absolute Gasteiger partial charge is 0.305 e. The van der Waals surface area contributed by atoms with Crippen LogP contribution in [0.5, 0.6) is 0 Å². The number of carbonyl (C=O) groups is 1. The van der Waals surface area contributed by atoms with E-state index in [0.717, 1.165) is 5.56 Å². The normalized spacial score (nSPS) is 21.4. The molecule has 0 saturated heterocycles. The molecule has 5 nitrogen and oxygen atoms in total. The molecule has 0 spiro atoms. The number of nitrogens with one attached hydrogen (secondary N) is 1. The first-order valence-corrected chi connectivity index (χ1v) is 6.85. The number of anilines is 1. The number of fused-ring (bicyclic) bond motifs is 1. The highest BCUT2D eigenvalue weighted by Gasteiger charge is 2.30. The second kappa shape index (κ2) is 4.03. The SMILES string of the molecule is Cc1ccc2c(c1)S(=O)(=O)CC(CC(=O)O)N2. The molecule has 0 aromatic heterocycles.